The van der Waals surface area contributed by atoms with E-state index in [0.717, 1.165) is 6.29 Å². The van der Waals surface area contributed by atoms with Gasteiger partial charge in [-0.15, -0.1) is 0 Å². The maximum Gasteiger partial charge on any atom is 0.151 e. The lowest BCUT2D eigenvalue weighted by molar-refractivity contribution is 0.112. The summed E-state index contributed by atoms with van der Waals surface area (Å²) in [6.45, 7) is 3.97. The van der Waals surface area contributed by atoms with Crippen LogP contribution in [-0.4, -0.2) is 12.9 Å². The minimum atomic E-state index is 0.431. The predicted molar refractivity (Wildman–Crippen MR) is 55.2 cm³/mol. The first-order chi connectivity index (χ1) is 6.29. The van der Waals surface area contributed by atoms with Crippen LogP contribution in [0.1, 0.15) is 10.4 Å². The Morgan fingerprint density at radius 1 is 1.54 bits per heavy atom. The number of rotatable bonds is 4. The van der Waals surface area contributed by atoms with Gasteiger partial charge in [-0.2, -0.15) is 0 Å². The third kappa shape index (κ3) is 2.42. The average Bonchev–Trinajstić information content (AvgIpc) is 2.16. The second kappa shape index (κ2) is 4.82. The number of carbonyl (C=O) groups excluding carboxylic acids is 1. The molecule has 1 aromatic carbocycles. The highest BCUT2D eigenvalue weighted by atomic mass is 79.9. The lowest BCUT2D eigenvalue weighted by Gasteiger charge is -2.06. The number of aldehydes is 1. The summed E-state index contributed by atoms with van der Waals surface area (Å²) in [7, 11) is 0. The van der Waals surface area contributed by atoms with E-state index in [1.54, 1.807) is 24.3 Å². The summed E-state index contributed by atoms with van der Waals surface area (Å²) in [6, 6.07) is 5.28. The van der Waals surface area contributed by atoms with Gasteiger partial charge in [0.25, 0.3) is 0 Å². The van der Waals surface area contributed by atoms with Crippen molar-refractivity contribution in [2.45, 2.75) is 0 Å². The summed E-state index contributed by atoms with van der Waals surface area (Å²) in [4.78, 5) is 10.5. The quantitative estimate of drug-likeness (QED) is 0.598. The Bertz CT molecular complexity index is 321. The van der Waals surface area contributed by atoms with Crippen molar-refractivity contribution in [3.8, 4) is 5.75 Å². The molecule has 0 amide bonds. The van der Waals surface area contributed by atoms with Crippen LogP contribution in [0.25, 0.3) is 0 Å². The minimum Gasteiger partial charge on any atom is -0.488 e. The van der Waals surface area contributed by atoms with E-state index in [-0.39, 0.29) is 0 Å². The van der Waals surface area contributed by atoms with Crippen LogP contribution in [0.3, 0.4) is 0 Å². The molecule has 1 rings (SSSR count). The molecule has 13 heavy (non-hydrogen) atoms. The van der Waals surface area contributed by atoms with E-state index in [0.29, 0.717) is 22.4 Å². The zero-order chi connectivity index (χ0) is 9.68. The zero-order valence-corrected chi connectivity index (χ0v) is 8.58. The van der Waals surface area contributed by atoms with Gasteiger partial charge in [-0.05, 0) is 22.0 Å². The highest BCUT2D eigenvalue weighted by Gasteiger charge is 2.04. The standard InChI is InChI=1S/C10H9BrO2/c1-2-6-13-9-5-3-4-8(7-12)10(9)11/h2-5,7H,1,6H2. The molecular formula is C10H9BrO2. The van der Waals surface area contributed by atoms with Crippen molar-refractivity contribution in [1.82, 2.24) is 0 Å². The molecule has 3 heteroatoms. The minimum absolute atomic E-state index is 0.431. The van der Waals surface area contributed by atoms with Crippen LogP contribution in [0.15, 0.2) is 35.3 Å². The summed E-state index contributed by atoms with van der Waals surface area (Å²) >= 11 is 3.28. The first kappa shape index (κ1) is 9.99. The molecule has 0 heterocycles. The number of hydrogen-bond acceptors (Lipinski definition) is 2. The van der Waals surface area contributed by atoms with Crippen LogP contribution < -0.4 is 4.74 Å². The van der Waals surface area contributed by atoms with Crippen molar-refractivity contribution in [1.29, 1.82) is 0 Å². The van der Waals surface area contributed by atoms with Gasteiger partial charge in [0.05, 0.1) is 4.47 Å². The van der Waals surface area contributed by atoms with Crippen molar-refractivity contribution in [3.63, 3.8) is 0 Å². The Labute approximate surface area is 85.3 Å². The fraction of sp³-hybridized carbons (Fsp3) is 0.100. The Hall–Kier alpha value is -1.09. The fourth-order valence-electron chi connectivity index (χ4n) is 0.879. The molecule has 0 aliphatic rings. The van der Waals surface area contributed by atoms with Gasteiger partial charge in [0.1, 0.15) is 12.4 Å². The van der Waals surface area contributed by atoms with Crippen LogP contribution in [-0.2, 0) is 0 Å². The maximum absolute atomic E-state index is 10.5. The molecule has 0 spiro atoms. The van der Waals surface area contributed by atoms with Crippen LogP contribution in [0.4, 0.5) is 0 Å². The van der Waals surface area contributed by atoms with Gasteiger partial charge in [0, 0.05) is 5.56 Å². The Morgan fingerprint density at radius 3 is 2.92 bits per heavy atom. The highest BCUT2D eigenvalue weighted by molar-refractivity contribution is 9.10. The molecule has 0 bridgehead atoms. The van der Waals surface area contributed by atoms with Crippen molar-refractivity contribution in [2.75, 3.05) is 6.61 Å². The van der Waals surface area contributed by atoms with E-state index in [1.807, 2.05) is 0 Å². The fourth-order valence-corrected chi connectivity index (χ4v) is 1.35. The smallest absolute Gasteiger partial charge is 0.151 e. The maximum atomic E-state index is 10.5. The van der Waals surface area contributed by atoms with E-state index >= 15 is 0 Å². The van der Waals surface area contributed by atoms with E-state index in [9.17, 15) is 4.79 Å². The number of benzene rings is 1. The van der Waals surface area contributed by atoms with Crippen LogP contribution >= 0.6 is 15.9 Å². The van der Waals surface area contributed by atoms with Crippen LogP contribution in [0, 0.1) is 0 Å². The Balaban J connectivity index is 2.93. The van der Waals surface area contributed by atoms with E-state index in [1.165, 1.54) is 0 Å². The summed E-state index contributed by atoms with van der Waals surface area (Å²) in [5, 5.41) is 0. The molecule has 0 aromatic heterocycles. The van der Waals surface area contributed by atoms with Gasteiger partial charge in [0.2, 0.25) is 0 Å². The molecule has 68 valence electrons. The molecule has 0 fully saturated rings. The monoisotopic (exact) mass is 240 g/mol. The largest absolute Gasteiger partial charge is 0.488 e. The molecule has 0 aliphatic heterocycles. The number of halogens is 1. The molecule has 0 N–H and O–H groups in total. The lowest BCUT2D eigenvalue weighted by Crippen LogP contribution is -1.95. The van der Waals surface area contributed by atoms with Gasteiger partial charge in [-0.3, -0.25) is 4.79 Å². The molecular weight excluding hydrogens is 232 g/mol. The summed E-state index contributed by atoms with van der Waals surface area (Å²) in [5.74, 6) is 0.657. The number of carbonyl (C=O) groups is 1. The molecule has 0 saturated carbocycles. The van der Waals surface area contributed by atoms with E-state index in [4.69, 9.17) is 4.74 Å². The number of ether oxygens (including phenoxy) is 1. The topological polar surface area (TPSA) is 26.3 Å². The average molecular weight is 241 g/mol. The Morgan fingerprint density at radius 2 is 2.31 bits per heavy atom. The Kier molecular flexibility index (Phi) is 3.71. The predicted octanol–water partition coefficient (Wildman–Crippen LogP) is 2.83. The second-order valence-electron chi connectivity index (χ2n) is 2.38. The first-order valence-corrected chi connectivity index (χ1v) is 4.56. The SMILES string of the molecule is C=CCOc1cccc(C=O)c1Br. The third-order valence-electron chi connectivity index (χ3n) is 1.48. The normalized spacial score (nSPS) is 9.31. The van der Waals surface area contributed by atoms with Gasteiger partial charge in [-0.1, -0.05) is 24.8 Å². The molecule has 0 atom stereocenters. The summed E-state index contributed by atoms with van der Waals surface area (Å²) < 4.78 is 5.99. The van der Waals surface area contributed by atoms with Crippen molar-refractivity contribution in [2.24, 2.45) is 0 Å². The van der Waals surface area contributed by atoms with Gasteiger partial charge < -0.3 is 4.74 Å². The molecule has 1 aromatic rings. The van der Waals surface area contributed by atoms with E-state index < -0.39 is 0 Å². The molecule has 0 saturated heterocycles. The molecule has 0 unspecified atom stereocenters. The summed E-state index contributed by atoms with van der Waals surface area (Å²) in [5.41, 5.74) is 0.585. The van der Waals surface area contributed by atoms with Gasteiger partial charge in [-0.25, -0.2) is 0 Å². The third-order valence-corrected chi connectivity index (χ3v) is 2.33. The van der Waals surface area contributed by atoms with Gasteiger partial charge >= 0.3 is 0 Å². The number of hydrogen-bond donors (Lipinski definition) is 0. The first-order valence-electron chi connectivity index (χ1n) is 3.77. The van der Waals surface area contributed by atoms with Crippen LogP contribution in [0.5, 0.6) is 5.75 Å². The second-order valence-corrected chi connectivity index (χ2v) is 3.17. The molecule has 2 nitrogen and oxygen atoms in total. The molecule has 0 radical (unpaired) electrons. The zero-order valence-electron chi connectivity index (χ0n) is 7.00. The van der Waals surface area contributed by atoms with Gasteiger partial charge in [0.15, 0.2) is 6.29 Å². The van der Waals surface area contributed by atoms with Crippen LogP contribution in [0.2, 0.25) is 0 Å². The van der Waals surface area contributed by atoms with Crippen molar-refractivity contribution in [3.05, 3.63) is 40.9 Å². The van der Waals surface area contributed by atoms with Crippen molar-refractivity contribution < 1.29 is 9.53 Å². The summed E-state index contributed by atoms with van der Waals surface area (Å²) in [6.07, 6.45) is 2.44. The lowest BCUT2D eigenvalue weighted by atomic mass is 10.2. The van der Waals surface area contributed by atoms with E-state index in [2.05, 4.69) is 22.5 Å². The molecule has 0 aliphatic carbocycles. The highest BCUT2D eigenvalue weighted by Crippen LogP contribution is 2.27. The van der Waals surface area contributed by atoms with Crippen molar-refractivity contribution >= 4 is 22.2 Å².